The maximum Gasteiger partial charge on any atom is 0.373 e. The Balaban J connectivity index is 1.54. The molecule has 1 aliphatic rings. The Hall–Kier alpha value is -3.42. The Kier molecular flexibility index (Phi) is 5.16. The number of rotatable bonds is 4. The van der Waals surface area contributed by atoms with Gasteiger partial charge in [-0.3, -0.25) is 9.36 Å². The molecule has 3 aromatic rings. The normalized spacial score (nSPS) is 13.6. The molecule has 0 bridgehead atoms. The summed E-state index contributed by atoms with van der Waals surface area (Å²) in [7, 11) is 1.25. The zero-order valence-electron chi connectivity index (χ0n) is 16.0. The van der Waals surface area contributed by atoms with Crippen molar-refractivity contribution in [3.8, 4) is 0 Å². The van der Waals surface area contributed by atoms with E-state index in [0.29, 0.717) is 28.8 Å². The molecular weight excluding hydrogens is 376 g/mol. The topological polar surface area (TPSA) is 101 Å². The van der Waals surface area contributed by atoms with Crippen LogP contribution in [-0.4, -0.2) is 28.6 Å². The fourth-order valence-corrected chi connectivity index (χ4v) is 3.43. The molecule has 1 aromatic carbocycles. The lowest BCUT2D eigenvalue weighted by Gasteiger charge is -2.10. The van der Waals surface area contributed by atoms with Crippen molar-refractivity contribution in [3.05, 3.63) is 63.6 Å². The number of furan rings is 1. The van der Waals surface area contributed by atoms with Gasteiger partial charge in [0.05, 0.1) is 23.6 Å². The van der Waals surface area contributed by atoms with Gasteiger partial charge in [0.25, 0.3) is 5.56 Å². The highest BCUT2D eigenvalue weighted by molar-refractivity contribution is 5.94. The molecule has 0 saturated carbocycles. The van der Waals surface area contributed by atoms with Crippen LogP contribution in [0.25, 0.3) is 10.9 Å². The molecule has 0 atom stereocenters. The van der Waals surface area contributed by atoms with Crippen molar-refractivity contribution in [1.82, 2.24) is 9.55 Å². The summed E-state index contributed by atoms with van der Waals surface area (Å²) in [6.07, 6.45) is 3.79. The number of methoxy groups -OCH3 is 1. The van der Waals surface area contributed by atoms with E-state index in [1.54, 1.807) is 22.8 Å². The first-order valence-corrected chi connectivity index (χ1v) is 9.44. The summed E-state index contributed by atoms with van der Waals surface area (Å²) in [5.41, 5.74) is 0.712. The summed E-state index contributed by atoms with van der Waals surface area (Å²) in [4.78, 5) is 41.2. The van der Waals surface area contributed by atoms with E-state index in [0.717, 1.165) is 31.5 Å². The highest BCUT2D eigenvalue weighted by Crippen LogP contribution is 2.17. The molecule has 0 fully saturated rings. The molecule has 2 aromatic heterocycles. The van der Waals surface area contributed by atoms with Gasteiger partial charge in [-0.15, -0.1) is 0 Å². The number of carbonyl (C=O) groups excluding carboxylic acids is 2. The van der Waals surface area contributed by atoms with E-state index >= 15 is 0 Å². The predicted molar refractivity (Wildman–Crippen MR) is 103 cm³/mol. The maximum atomic E-state index is 12.8. The van der Waals surface area contributed by atoms with Crippen LogP contribution in [0.4, 0.5) is 0 Å². The average molecular weight is 396 g/mol. The van der Waals surface area contributed by atoms with Crippen molar-refractivity contribution < 1.29 is 23.5 Å². The van der Waals surface area contributed by atoms with E-state index in [4.69, 9.17) is 9.15 Å². The molecule has 8 heteroatoms. The Morgan fingerprint density at radius 2 is 2.00 bits per heavy atom. The maximum absolute atomic E-state index is 12.8. The third kappa shape index (κ3) is 3.78. The summed E-state index contributed by atoms with van der Waals surface area (Å²) in [5.74, 6) is -0.0549. The fourth-order valence-electron chi connectivity index (χ4n) is 3.43. The second-order valence-corrected chi connectivity index (χ2v) is 6.86. The first-order valence-electron chi connectivity index (χ1n) is 9.44. The minimum Gasteiger partial charge on any atom is -0.463 e. The molecule has 0 radical (unpaired) electrons. The van der Waals surface area contributed by atoms with Crippen LogP contribution in [0.1, 0.15) is 51.8 Å². The first kappa shape index (κ1) is 18.9. The second kappa shape index (κ2) is 7.90. The third-order valence-electron chi connectivity index (χ3n) is 4.95. The highest BCUT2D eigenvalue weighted by atomic mass is 16.5. The van der Waals surface area contributed by atoms with Gasteiger partial charge in [-0.25, -0.2) is 14.6 Å². The van der Waals surface area contributed by atoms with Crippen LogP contribution in [0.3, 0.4) is 0 Å². The fraction of sp³-hybridized carbons (Fsp3) is 0.333. The van der Waals surface area contributed by atoms with Crippen LogP contribution in [0.2, 0.25) is 0 Å². The SMILES string of the molecule is COC(=O)c1ccc(COC(=O)c2ccc3c(=O)n4c(nc3c2)CCCCC4)o1. The molecule has 1 aliphatic heterocycles. The van der Waals surface area contributed by atoms with Gasteiger partial charge in [-0.05, 0) is 43.2 Å². The molecule has 4 rings (SSSR count). The van der Waals surface area contributed by atoms with E-state index < -0.39 is 11.9 Å². The Morgan fingerprint density at radius 3 is 2.83 bits per heavy atom. The second-order valence-electron chi connectivity index (χ2n) is 6.86. The monoisotopic (exact) mass is 396 g/mol. The largest absolute Gasteiger partial charge is 0.463 e. The van der Waals surface area contributed by atoms with E-state index in [1.807, 2.05) is 0 Å². The number of hydrogen-bond acceptors (Lipinski definition) is 7. The lowest BCUT2D eigenvalue weighted by molar-refractivity contribution is 0.0438. The van der Waals surface area contributed by atoms with Crippen LogP contribution < -0.4 is 5.56 Å². The zero-order valence-corrected chi connectivity index (χ0v) is 16.0. The molecule has 8 nitrogen and oxygen atoms in total. The van der Waals surface area contributed by atoms with E-state index in [9.17, 15) is 14.4 Å². The van der Waals surface area contributed by atoms with E-state index in [2.05, 4.69) is 9.72 Å². The Labute approximate surface area is 166 Å². The highest BCUT2D eigenvalue weighted by Gasteiger charge is 2.17. The molecule has 0 amide bonds. The summed E-state index contributed by atoms with van der Waals surface area (Å²) >= 11 is 0. The summed E-state index contributed by atoms with van der Waals surface area (Å²) in [5, 5.41) is 0.487. The average Bonchev–Trinajstić information content (AvgIpc) is 3.09. The molecule has 0 spiro atoms. The molecule has 0 N–H and O–H groups in total. The standard InChI is InChI=1S/C21H20N2O6/c1-27-21(26)17-9-7-14(29-17)12-28-20(25)13-6-8-15-16(11-13)22-18-5-3-2-4-10-23(18)19(15)24/h6-9,11H,2-5,10,12H2,1H3. The smallest absolute Gasteiger partial charge is 0.373 e. The minimum absolute atomic E-state index is 0.0367. The number of aromatic nitrogens is 2. The van der Waals surface area contributed by atoms with Crippen molar-refractivity contribution in [2.75, 3.05) is 7.11 Å². The van der Waals surface area contributed by atoms with Crippen LogP contribution >= 0.6 is 0 Å². The molecule has 0 aliphatic carbocycles. The van der Waals surface area contributed by atoms with Gasteiger partial charge in [-0.1, -0.05) is 6.42 Å². The summed E-state index contributed by atoms with van der Waals surface area (Å²) in [6, 6.07) is 7.74. The number of hydrogen-bond donors (Lipinski definition) is 0. The van der Waals surface area contributed by atoms with Gasteiger partial charge in [-0.2, -0.15) is 0 Å². The Morgan fingerprint density at radius 1 is 1.14 bits per heavy atom. The van der Waals surface area contributed by atoms with E-state index in [-0.39, 0.29) is 17.9 Å². The molecule has 0 saturated heterocycles. The zero-order chi connectivity index (χ0) is 20.4. The van der Waals surface area contributed by atoms with Crippen LogP contribution in [0, 0.1) is 0 Å². The van der Waals surface area contributed by atoms with Crippen LogP contribution in [0.5, 0.6) is 0 Å². The summed E-state index contributed by atoms with van der Waals surface area (Å²) < 4.78 is 16.8. The van der Waals surface area contributed by atoms with Gasteiger partial charge in [0.2, 0.25) is 5.76 Å². The van der Waals surface area contributed by atoms with Gasteiger partial charge < -0.3 is 13.9 Å². The third-order valence-corrected chi connectivity index (χ3v) is 4.95. The van der Waals surface area contributed by atoms with Crippen molar-refractivity contribution in [2.24, 2.45) is 0 Å². The number of aryl methyl sites for hydroxylation is 1. The lowest BCUT2D eigenvalue weighted by Crippen LogP contribution is -2.24. The van der Waals surface area contributed by atoms with E-state index in [1.165, 1.54) is 19.2 Å². The number of nitrogens with zero attached hydrogens (tertiary/aromatic N) is 2. The predicted octanol–water partition coefficient (Wildman–Crippen LogP) is 2.86. The molecule has 3 heterocycles. The molecule has 0 unspecified atom stereocenters. The molecular formula is C21H20N2O6. The van der Waals surface area contributed by atoms with Crippen molar-refractivity contribution >= 4 is 22.8 Å². The minimum atomic E-state index is -0.603. The quantitative estimate of drug-likeness (QED) is 0.625. The van der Waals surface area contributed by atoms with Gasteiger partial charge in [0, 0.05) is 13.0 Å². The van der Waals surface area contributed by atoms with Crippen LogP contribution in [0.15, 0.2) is 39.5 Å². The van der Waals surface area contributed by atoms with Gasteiger partial charge in [0.1, 0.15) is 18.2 Å². The number of carbonyl (C=O) groups is 2. The number of benzene rings is 1. The van der Waals surface area contributed by atoms with Gasteiger partial charge in [0.15, 0.2) is 0 Å². The summed E-state index contributed by atoms with van der Waals surface area (Å²) in [6.45, 7) is 0.547. The number of ether oxygens (including phenoxy) is 2. The van der Waals surface area contributed by atoms with Crippen molar-refractivity contribution in [2.45, 2.75) is 38.8 Å². The number of esters is 2. The van der Waals surface area contributed by atoms with Gasteiger partial charge >= 0.3 is 11.9 Å². The number of fused-ring (bicyclic) bond motifs is 2. The first-order chi connectivity index (χ1) is 14.1. The van der Waals surface area contributed by atoms with Crippen molar-refractivity contribution in [3.63, 3.8) is 0 Å². The van der Waals surface area contributed by atoms with Crippen molar-refractivity contribution in [1.29, 1.82) is 0 Å². The van der Waals surface area contributed by atoms with Crippen LogP contribution in [-0.2, 0) is 29.0 Å². The Bertz CT molecular complexity index is 1140. The lowest BCUT2D eigenvalue weighted by atomic mass is 10.1. The molecule has 150 valence electrons. The molecule has 29 heavy (non-hydrogen) atoms.